The number of pyridine rings is 1. The van der Waals surface area contributed by atoms with Gasteiger partial charge >= 0.3 is 6.18 Å². The van der Waals surface area contributed by atoms with Gasteiger partial charge in [0, 0.05) is 25.7 Å². The lowest BCUT2D eigenvalue weighted by Gasteiger charge is -2.32. The number of nitrogens with one attached hydrogen (secondary N) is 1. The predicted octanol–water partition coefficient (Wildman–Crippen LogP) is 2.39. The second kappa shape index (κ2) is 5.25. The van der Waals surface area contributed by atoms with Crippen molar-refractivity contribution in [3.05, 3.63) is 29.6 Å². The normalized spacial score (nSPS) is 24.4. The highest BCUT2D eigenvalue weighted by Gasteiger charge is 2.44. The summed E-state index contributed by atoms with van der Waals surface area (Å²) < 4.78 is 64.8. The Balaban J connectivity index is 2.30. The summed E-state index contributed by atoms with van der Waals surface area (Å²) in [5.74, 6) is -4.22. The van der Waals surface area contributed by atoms with Crippen LogP contribution in [0.5, 0.6) is 0 Å². The van der Waals surface area contributed by atoms with Crippen molar-refractivity contribution in [2.75, 3.05) is 13.1 Å². The van der Waals surface area contributed by atoms with Crippen LogP contribution in [-0.4, -0.2) is 35.3 Å². The van der Waals surface area contributed by atoms with Crippen LogP contribution in [0.25, 0.3) is 0 Å². The van der Waals surface area contributed by atoms with E-state index in [0.717, 1.165) is 12.3 Å². The van der Waals surface area contributed by atoms with E-state index >= 15 is 0 Å². The van der Waals surface area contributed by atoms with Gasteiger partial charge in [-0.1, -0.05) is 0 Å². The van der Waals surface area contributed by atoms with Crippen molar-refractivity contribution in [2.45, 2.75) is 30.5 Å². The summed E-state index contributed by atoms with van der Waals surface area (Å²) in [4.78, 5) is 3.41. The number of aliphatic hydroxyl groups excluding tert-OH is 1. The zero-order valence-electron chi connectivity index (χ0n) is 10.3. The van der Waals surface area contributed by atoms with Crippen molar-refractivity contribution in [2.24, 2.45) is 0 Å². The number of aromatic nitrogens is 1. The van der Waals surface area contributed by atoms with Gasteiger partial charge in [-0.15, -0.1) is 0 Å². The van der Waals surface area contributed by atoms with Gasteiger partial charge < -0.3 is 10.4 Å². The smallest absolute Gasteiger partial charge is 0.378 e. The van der Waals surface area contributed by atoms with E-state index in [1.807, 2.05) is 0 Å². The monoisotopic (exact) mass is 296 g/mol. The molecule has 3 nitrogen and oxygen atoms in total. The maximum Gasteiger partial charge on any atom is 0.420 e. The Kier molecular flexibility index (Phi) is 3.97. The Morgan fingerprint density at radius 2 is 2.10 bits per heavy atom. The molecule has 0 aromatic carbocycles. The Hall–Kier alpha value is -1.28. The van der Waals surface area contributed by atoms with Gasteiger partial charge in [-0.25, -0.2) is 8.78 Å². The molecule has 1 fully saturated rings. The highest BCUT2D eigenvalue weighted by molar-refractivity contribution is 5.25. The van der Waals surface area contributed by atoms with Crippen molar-refractivity contribution < 1.29 is 27.1 Å². The Morgan fingerprint density at radius 1 is 1.40 bits per heavy atom. The third kappa shape index (κ3) is 3.06. The number of rotatable bonds is 2. The van der Waals surface area contributed by atoms with Gasteiger partial charge in [0.2, 0.25) is 0 Å². The summed E-state index contributed by atoms with van der Waals surface area (Å²) >= 11 is 0. The molecule has 1 aromatic heterocycles. The fourth-order valence-corrected chi connectivity index (χ4v) is 2.19. The first-order valence-electron chi connectivity index (χ1n) is 6.01. The van der Waals surface area contributed by atoms with Crippen LogP contribution in [0.2, 0.25) is 0 Å². The Labute approximate surface area is 111 Å². The quantitative estimate of drug-likeness (QED) is 0.824. The van der Waals surface area contributed by atoms with Crippen LogP contribution in [0, 0.1) is 0 Å². The van der Waals surface area contributed by atoms with Crippen LogP contribution in [-0.2, 0) is 0 Å². The van der Waals surface area contributed by atoms with Gasteiger partial charge in [-0.05, 0) is 17.7 Å². The van der Waals surface area contributed by atoms with Gasteiger partial charge in [0.1, 0.15) is 0 Å². The maximum atomic E-state index is 13.8. The molecular formula is C12H13F5N2O. The molecule has 2 heterocycles. The number of hydrogen-bond acceptors (Lipinski definition) is 3. The predicted molar refractivity (Wildman–Crippen MR) is 60.4 cm³/mol. The second-order valence-corrected chi connectivity index (χ2v) is 4.73. The molecule has 8 heteroatoms. The molecule has 0 spiro atoms. The van der Waals surface area contributed by atoms with Gasteiger partial charge in [-0.3, -0.25) is 4.98 Å². The molecule has 0 radical (unpaired) electrons. The highest BCUT2D eigenvalue weighted by atomic mass is 19.4. The summed E-state index contributed by atoms with van der Waals surface area (Å²) in [7, 11) is 0. The van der Waals surface area contributed by atoms with E-state index in [1.165, 1.54) is 6.07 Å². The van der Waals surface area contributed by atoms with Gasteiger partial charge in [0.05, 0.1) is 11.6 Å². The minimum Gasteiger partial charge on any atom is -0.378 e. The zero-order chi connectivity index (χ0) is 15.0. The number of halogens is 5. The number of alkyl halides is 5. The van der Waals surface area contributed by atoms with E-state index in [1.54, 1.807) is 0 Å². The van der Waals surface area contributed by atoms with Crippen molar-refractivity contribution in [1.29, 1.82) is 0 Å². The number of hydrogen-bond donors (Lipinski definition) is 2. The molecule has 0 bridgehead atoms. The summed E-state index contributed by atoms with van der Waals surface area (Å²) in [5.41, 5.74) is -0.633. The molecule has 2 N–H and O–H groups in total. The van der Waals surface area contributed by atoms with Crippen LogP contribution in [0.1, 0.15) is 29.7 Å². The van der Waals surface area contributed by atoms with E-state index < -0.39 is 29.8 Å². The number of nitrogens with zero attached hydrogens (tertiary/aromatic N) is 1. The van der Waals surface area contributed by atoms with Gasteiger partial charge in [-0.2, -0.15) is 13.2 Å². The molecule has 112 valence electrons. The SMILES string of the molecule is OC(c1cc(C2CNCCC2(F)F)ccn1)C(F)(F)F. The minimum absolute atomic E-state index is 0.0292. The largest absolute Gasteiger partial charge is 0.420 e. The summed E-state index contributed by atoms with van der Waals surface area (Å²) in [5, 5.41) is 11.9. The second-order valence-electron chi connectivity index (χ2n) is 4.73. The molecule has 0 aliphatic carbocycles. The average molecular weight is 296 g/mol. The lowest BCUT2D eigenvalue weighted by Crippen LogP contribution is -2.43. The van der Waals surface area contributed by atoms with Crippen molar-refractivity contribution in [3.63, 3.8) is 0 Å². The van der Waals surface area contributed by atoms with Crippen molar-refractivity contribution in [3.8, 4) is 0 Å². The molecule has 2 rings (SSSR count). The lowest BCUT2D eigenvalue weighted by molar-refractivity contribution is -0.208. The standard InChI is InChI=1S/C12H13F5N2O/c13-11(14)2-4-18-6-8(11)7-1-3-19-9(5-7)10(20)12(15,16)17/h1,3,5,8,10,18,20H,2,4,6H2. The van der Waals surface area contributed by atoms with E-state index in [9.17, 15) is 22.0 Å². The summed E-state index contributed by atoms with van der Waals surface area (Å²) in [6, 6.07) is 2.14. The summed E-state index contributed by atoms with van der Waals surface area (Å²) in [6.07, 6.45) is -7.02. The molecule has 1 saturated heterocycles. The van der Waals surface area contributed by atoms with Crippen LogP contribution in [0.3, 0.4) is 0 Å². The number of aliphatic hydroxyl groups is 1. The topological polar surface area (TPSA) is 45.1 Å². The van der Waals surface area contributed by atoms with Crippen LogP contribution < -0.4 is 5.32 Å². The van der Waals surface area contributed by atoms with Gasteiger partial charge in [0.25, 0.3) is 5.92 Å². The van der Waals surface area contributed by atoms with Crippen molar-refractivity contribution in [1.82, 2.24) is 10.3 Å². The molecule has 0 amide bonds. The molecular weight excluding hydrogens is 283 g/mol. The molecule has 2 atom stereocenters. The first-order valence-corrected chi connectivity index (χ1v) is 6.01. The zero-order valence-corrected chi connectivity index (χ0v) is 10.3. The molecule has 1 aliphatic rings. The Morgan fingerprint density at radius 3 is 2.70 bits per heavy atom. The first kappa shape index (κ1) is 15.1. The van der Waals surface area contributed by atoms with E-state index in [2.05, 4.69) is 10.3 Å². The highest BCUT2D eigenvalue weighted by Crippen LogP contribution is 2.39. The van der Waals surface area contributed by atoms with Crippen molar-refractivity contribution >= 4 is 0 Å². The fourth-order valence-electron chi connectivity index (χ4n) is 2.19. The number of piperidine rings is 1. The van der Waals surface area contributed by atoms with Crippen LogP contribution in [0.15, 0.2) is 18.3 Å². The lowest BCUT2D eigenvalue weighted by atomic mass is 9.88. The van der Waals surface area contributed by atoms with Crippen LogP contribution >= 0.6 is 0 Å². The molecule has 1 aromatic rings. The van der Waals surface area contributed by atoms with E-state index in [0.29, 0.717) is 0 Å². The maximum absolute atomic E-state index is 13.8. The minimum atomic E-state index is -4.88. The van der Waals surface area contributed by atoms with E-state index in [4.69, 9.17) is 5.11 Å². The molecule has 1 aliphatic heterocycles. The summed E-state index contributed by atoms with van der Waals surface area (Å²) in [6.45, 7) is 0.130. The molecule has 20 heavy (non-hydrogen) atoms. The third-order valence-corrected chi connectivity index (χ3v) is 3.29. The van der Waals surface area contributed by atoms with Gasteiger partial charge in [0.15, 0.2) is 6.10 Å². The van der Waals surface area contributed by atoms with E-state index in [-0.39, 0.29) is 25.1 Å². The third-order valence-electron chi connectivity index (χ3n) is 3.29. The Bertz CT molecular complexity index is 477. The molecule has 0 saturated carbocycles. The fraction of sp³-hybridized carbons (Fsp3) is 0.583. The van der Waals surface area contributed by atoms with Crippen LogP contribution in [0.4, 0.5) is 22.0 Å². The molecule has 2 unspecified atom stereocenters. The average Bonchev–Trinajstić information content (AvgIpc) is 2.36. The first-order chi connectivity index (χ1) is 9.22.